The minimum atomic E-state index is 0.0419. The average Bonchev–Trinajstić information content (AvgIpc) is 2.97. The normalized spacial score (nSPS) is 28.1. The maximum atomic E-state index is 12.7. The fourth-order valence-electron chi connectivity index (χ4n) is 5.18. The van der Waals surface area contributed by atoms with Gasteiger partial charge in [0.1, 0.15) is 0 Å². The molecule has 1 saturated heterocycles. The van der Waals surface area contributed by atoms with Crippen molar-refractivity contribution < 1.29 is 4.74 Å². The third-order valence-corrected chi connectivity index (χ3v) is 7.27. The lowest BCUT2D eigenvalue weighted by Gasteiger charge is -2.48. The molecule has 27 heavy (non-hydrogen) atoms. The summed E-state index contributed by atoms with van der Waals surface area (Å²) in [5.74, 6) is 0. The summed E-state index contributed by atoms with van der Waals surface area (Å²) in [6.45, 7) is 8.78. The number of fused-ring (bicyclic) bond motifs is 1. The van der Waals surface area contributed by atoms with Crippen LogP contribution in [0.15, 0.2) is 16.9 Å². The van der Waals surface area contributed by atoms with Gasteiger partial charge in [0, 0.05) is 31.8 Å². The number of ether oxygens (including phenoxy) is 1. The van der Waals surface area contributed by atoms with Gasteiger partial charge in [-0.25, -0.2) is 4.79 Å². The Kier molecular flexibility index (Phi) is 4.93. The lowest BCUT2D eigenvalue weighted by molar-refractivity contribution is -0.0146. The molecule has 5 heteroatoms. The van der Waals surface area contributed by atoms with Crippen LogP contribution in [0.1, 0.15) is 62.6 Å². The van der Waals surface area contributed by atoms with E-state index in [1.54, 1.807) is 0 Å². The number of hydrogen-bond donors (Lipinski definition) is 1. The third kappa shape index (κ3) is 3.36. The molecule has 2 aliphatic rings. The third-order valence-electron chi connectivity index (χ3n) is 7.27. The van der Waals surface area contributed by atoms with Crippen molar-refractivity contribution in [3.63, 3.8) is 0 Å². The summed E-state index contributed by atoms with van der Waals surface area (Å²) in [5, 5.41) is 0. The summed E-state index contributed by atoms with van der Waals surface area (Å²) < 4.78 is 7.57. The van der Waals surface area contributed by atoms with Crippen LogP contribution in [0.4, 0.5) is 0 Å². The van der Waals surface area contributed by atoms with Crippen LogP contribution >= 0.6 is 0 Å². The van der Waals surface area contributed by atoms with Crippen LogP contribution in [-0.4, -0.2) is 46.3 Å². The number of piperidine rings is 1. The number of benzene rings is 1. The van der Waals surface area contributed by atoms with Crippen molar-refractivity contribution in [2.45, 2.75) is 77.0 Å². The first kappa shape index (κ1) is 18.8. The van der Waals surface area contributed by atoms with Gasteiger partial charge in [-0.2, -0.15) is 0 Å². The Labute approximate surface area is 161 Å². The van der Waals surface area contributed by atoms with Crippen molar-refractivity contribution in [2.24, 2.45) is 0 Å². The summed E-state index contributed by atoms with van der Waals surface area (Å²) in [6, 6.07) is 4.57. The predicted octanol–water partition coefficient (Wildman–Crippen LogP) is 3.93. The predicted molar refractivity (Wildman–Crippen MR) is 110 cm³/mol. The van der Waals surface area contributed by atoms with E-state index in [9.17, 15) is 4.79 Å². The van der Waals surface area contributed by atoms with Crippen molar-refractivity contribution in [3.05, 3.63) is 33.7 Å². The maximum Gasteiger partial charge on any atom is 0.326 e. The number of H-pyrrole nitrogens is 1. The monoisotopic (exact) mass is 371 g/mol. The number of hydrogen-bond acceptors (Lipinski definition) is 3. The molecule has 1 N–H and O–H groups in total. The van der Waals surface area contributed by atoms with Crippen molar-refractivity contribution in [1.82, 2.24) is 14.5 Å². The van der Waals surface area contributed by atoms with Gasteiger partial charge in [0.2, 0.25) is 0 Å². The Morgan fingerprint density at radius 1 is 1.07 bits per heavy atom. The van der Waals surface area contributed by atoms with Crippen LogP contribution in [0.5, 0.6) is 0 Å². The summed E-state index contributed by atoms with van der Waals surface area (Å²) in [4.78, 5) is 18.4. The molecule has 2 aromatic rings. The molecule has 0 spiro atoms. The Morgan fingerprint density at radius 2 is 1.70 bits per heavy atom. The number of nitrogens with zero attached hydrogens (tertiary/aromatic N) is 2. The van der Waals surface area contributed by atoms with E-state index < -0.39 is 0 Å². The lowest BCUT2D eigenvalue weighted by atomic mass is 9.79. The number of rotatable bonds is 3. The van der Waals surface area contributed by atoms with E-state index >= 15 is 0 Å². The molecule has 0 amide bonds. The quantitative estimate of drug-likeness (QED) is 0.889. The highest BCUT2D eigenvalue weighted by atomic mass is 16.5. The molecule has 0 bridgehead atoms. The van der Waals surface area contributed by atoms with E-state index in [2.05, 4.69) is 42.8 Å². The maximum absolute atomic E-state index is 12.7. The topological polar surface area (TPSA) is 50.3 Å². The molecule has 1 saturated carbocycles. The smallest absolute Gasteiger partial charge is 0.326 e. The Hall–Kier alpha value is -1.59. The fourth-order valence-corrected chi connectivity index (χ4v) is 5.18. The van der Waals surface area contributed by atoms with Gasteiger partial charge in [-0.1, -0.05) is 0 Å². The van der Waals surface area contributed by atoms with Gasteiger partial charge in [-0.05, 0) is 82.6 Å². The second kappa shape index (κ2) is 7.10. The number of methoxy groups -OCH3 is 1. The van der Waals surface area contributed by atoms with Crippen molar-refractivity contribution in [3.8, 4) is 0 Å². The molecule has 1 aliphatic carbocycles. The van der Waals surface area contributed by atoms with Gasteiger partial charge in [-0.15, -0.1) is 0 Å². The zero-order chi connectivity index (χ0) is 19.2. The number of aryl methyl sites for hydroxylation is 2. The van der Waals surface area contributed by atoms with E-state index in [0.717, 1.165) is 49.8 Å². The van der Waals surface area contributed by atoms with Crippen LogP contribution in [0.3, 0.4) is 0 Å². The first-order valence-corrected chi connectivity index (χ1v) is 10.4. The summed E-state index contributed by atoms with van der Waals surface area (Å²) in [5.41, 5.74) is 4.84. The summed E-state index contributed by atoms with van der Waals surface area (Å²) in [7, 11) is 1.83. The first-order valence-electron chi connectivity index (χ1n) is 10.4. The molecule has 0 unspecified atom stereocenters. The molecule has 1 aromatic heterocycles. The Balaban J connectivity index is 1.50. The van der Waals surface area contributed by atoms with E-state index in [4.69, 9.17) is 4.74 Å². The molecule has 0 atom stereocenters. The minimum Gasteiger partial charge on any atom is -0.381 e. The molecule has 148 valence electrons. The highest BCUT2D eigenvalue weighted by molar-refractivity contribution is 5.77. The number of aromatic amines is 1. The van der Waals surface area contributed by atoms with Gasteiger partial charge in [-0.3, -0.25) is 9.47 Å². The van der Waals surface area contributed by atoms with Gasteiger partial charge >= 0.3 is 5.69 Å². The van der Waals surface area contributed by atoms with Crippen LogP contribution in [0.2, 0.25) is 0 Å². The molecular weight excluding hydrogens is 338 g/mol. The zero-order valence-corrected chi connectivity index (χ0v) is 17.2. The minimum absolute atomic E-state index is 0.0419. The van der Waals surface area contributed by atoms with E-state index in [-0.39, 0.29) is 5.69 Å². The Morgan fingerprint density at radius 3 is 2.33 bits per heavy atom. The molecule has 1 aliphatic heterocycles. The second-order valence-corrected chi connectivity index (χ2v) is 8.90. The van der Waals surface area contributed by atoms with Gasteiger partial charge in [0.25, 0.3) is 0 Å². The summed E-state index contributed by atoms with van der Waals surface area (Å²) in [6.07, 6.45) is 7.27. The molecule has 2 heterocycles. The average molecular weight is 372 g/mol. The first-order chi connectivity index (χ1) is 12.9. The molecule has 0 radical (unpaired) electrons. The van der Waals surface area contributed by atoms with Crippen LogP contribution < -0.4 is 5.69 Å². The van der Waals surface area contributed by atoms with E-state index in [1.165, 1.54) is 24.0 Å². The van der Waals surface area contributed by atoms with Gasteiger partial charge < -0.3 is 9.72 Å². The van der Waals surface area contributed by atoms with Crippen molar-refractivity contribution in [2.75, 3.05) is 20.2 Å². The number of likely N-dealkylation sites (tertiary alicyclic amines) is 1. The van der Waals surface area contributed by atoms with E-state index in [1.807, 2.05) is 11.7 Å². The molecule has 1 aromatic carbocycles. The molecule has 4 rings (SSSR count). The van der Waals surface area contributed by atoms with Gasteiger partial charge in [0.15, 0.2) is 0 Å². The van der Waals surface area contributed by atoms with Crippen LogP contribution in [-0.2, 0) is 4.74 Å². The van der Waals surface area contributed by atoms with Crippen LogP contribution in [0, 0.1) is 13.8 Å². The fraction of sp³-hybridized carbons (Fsp3) is 0.682. The highest BCUT2D eigenvalue weighted by Gasteiger charge is 2.38. The van der Waals surface area contributed by atoms with Gasteiger partial charge in [0.05, 0.1) is 17.1 Å². The Bertz CT molecular complexity index is 866. The molecular formula is C22H33N3O2. The van der Waals surface area contributed by atoms with Crippen molar-refractivity contribution in [1.29, 1.82) is 0 Å². The second-order valence-electron chi connectivity index (χ2n) is 8.90. The lowest BCUT2D eigenvalue weighted by Crippen LogP contribution is -2.52. The number of aromatic nitrogens is 2. The molecule has 5 nitrogen and oxygen atoms in total. The SMILES string of the molecule is COC1CCC(C)(N2CCC(n3c(=O)[nH]c4cc(C)c(C)cc43)CC2)CC1. The standard InChI is InChI=1S/C22H33N3O2/c1-15-13-19-20(14-16(15)2)25(21(26)23-19)17-7-11-24(12-8-17)22(3)9-5-18(27-4)6-10-22/h13-14,17-18H,5-12H2,1-4H3,(H,23,26). The van der Waals surface area contributed by atoms with Crippen LogP contribution in [0.25, 0.3) is 11.0 Å². The number of nitrogens with one attached hydrogen (secondary N) is 1. The van der Waals surface area contributed by atoms with Crippen molar-refractivity contribution >= 4 is 11.0 Å². The van der Waals surface area contributed by atoms with E-state index in [0.29, 0.717) is 17.7 Å². The zero-order valence-electron chi connectivity index (χ0n) is 17.2. The largest absolute Gasteiger partial charge is 0.381 e. The number of imidazole rings is 1. The highest BCUT2D eigenvalue weighted by Crippen LogP contribution is 2.37. The molecule has 2 fully saturated rings. The summed E-state index contributed by atoms with van der Waals surface area (Å²) >= 11 is 0.